The SMILES string of the molecule is CN1CCN(C(=O)c2cc3cc(Cl)ccc3[nH]2)C2(C1)OC(=O)C=CC(=O)O2. The van der Waals surface area contributed by atoms with E-state index in [0.29, 0.717) is 11.6 Å². The first-order valence-corrected chi connectivity index (χ1v) is 8.67. The molecule has 1 amide bonds. The lowest BCUT2D eigenvalue weighted by Crippen LogP contribution is -2.66. The number of piperazine rings is 1. The van der Waals surface area contributed by atoms with Crippen LogP contribution in [-0.4, -0.2) is 65.2 Å². The molecule has 2 aromatic rings. The van der Waals surface area contributed by atoms with Gasteiger partial charge in [0, 0.05) is 41.2 Å². The van der Waals surface area contributed by atoms with Crippen molar-refractivity contribution in [2.45, 2.75) is 5.91 Å². The Kier molecular flexibility index (Phi) is 4.16. The quantitative estimate of drug-likeness (QED) is 0.743. The van der Waals surface area contributed by atoms with Crippen molar-refractivity contribution in [2.24, 2.45) is 0 Å². The van der Waals surface area contributed by atoms with Gasteiger partial charge in [0.2, 0.25) is 0 Å². The molecule has 3 heterocycles. The van der Waals surface area contributed by atoms with Gasteiger partial charge in [0.25, 0.3) is 5.91 Å². The van der Waals surface area contributed by atoms with Crippen LogP contribution in [0.5, 0.6) is 0 Å². The summed E-state index contributed by atoms with van der Waals surface area (Å²) in [6, 6.07) is 6.88. The Labute approximate surface area is 159 Å². The second-order valence-corrected chi connectivity index (χ2v) is 6.93. The van der Waals surface area contributed by atoms with E-state index in [2.05, 4.69) is 4.98 Å². The lowest BCUT2D eigenvalue weighted by atomic mass is 10.2. The maximum absolute atomic E-state index is 13.2. The monoisotopic (exact) mass is 389 g/mol. The van der Waals surface area contributed by atoms with Gasteiger partial charge >= 0.3 is 17.8 Å². The average molecular weight is 390 g/mol. The Bertz CT molecular complexity index is 963. The van der Waals surface area contributed by atoms with E-state index >= 15 is 0 Å². The van der Waals surface area contributed by atoms with Crippen LogP contribution in [0, 0.1) is 0 Å². The molecular formula is C18H16ClN3O5. The van der Waals surface area contributed by atoms with Gasteiger partial charge < -0.3 is 14.5 Å². The van der Waals surface area contributed by atoms with Crippen LogP contribution < -0.4 is 0 Å². The lowest BCUT2D eigenvalue weighted by molar-refractivity contribution is -0.283. The van der Waals surface area contributed by atoms with E-state index in [4.69, 9.17) is 21.1 Å². The van der Waals surface area contributed by atoms with Crippen LogP contribution in [0.15, 0.2) is 36.4 Å². The number of nitrogens with zero attached hydrogens (tertiary/aromatic N) is 2. The number of nitrogens with one attached hydrogen (secondary N) is 1. The Morgan fingerprint density at radius 3 is 2.56 bits per heavy atom. The zero-order valence-corrected chi connectivity index (χ0v) is 15.2. The summed E-state index contributed by atoms with van der Waals surface area (Å²) in [6.45, 7) is 0.790. The number of carbonyl (C=O) groups excluding carboxylic acids is 3. The smallest absolute Gasteiger partial charge is 0.358 e. The Morgan fingerprint density at radius 1 is 1.15 bits per heavy atom. The summed E-state index contributed by atoms with van der Waals surface area (Å²) in [5, 5.41) is 1.32. The zero-order chi connectivity index (χ0) is 19.2. The number of halogens is 1. The van der Waals surface area contributed by atoms with Crippen LogP contribution in [0.25, 0.3) is 10.9 Å². The molecule has 1 aromatic heterocycles. The number of ether oxygens (including phenoxy) is 2. The summed E-state index contributed by atoms with van der Waals surface area (Å²) in [4.78, 5) is 43.3. The van der Waals surface area contributed by atoms with Gasteiger partial charge in [0.1, 0.15) is 5.69 Å². The number of fused-ring (bicyclic) bond motifs is 1. The van der Waals surface area contributed by atoms with Crippen molar-refractivity contribution in [3.05, 3.63) is 47.1 Å². The summed E-state index contributed by atoms with van der Waals surface area (Å²) in [5.74, 6) is -3.77. The first-order valence-electron chi connectivity index (χ1n) is 8.29. The van der Waals surface area contributed by atoms with Gasteiger partial charge in [0.05, 0.1) is 6.54 Å². The summed E-state index contributed by atoms with van der Waals surface area (Å²) < 4.78 is 10.8. The third-order valence-corrected chi connectivity index (χ3v) is 4.76. The largest absolute Gasteiger partial charge is 0.399 e. The predicted octanol–water partition coefficient (Wildman–Crippen LogP) is 1.52. The summed E-state index contributed by atoms with van der Waals surface area (Å²) >= 11 is 6.00. The number of rotatable bonds is 1. The third kappa shape index (κ3) is 3.17. The predicted molar refractivity (Wildman–Crippen MR) is 95.9 cm³/mol. The molecule has 0 unspecified atom stereocenters. The number of likely N-dealkylation sites (N-methyl/N-ethyl adjacent to an activating group) is 1. The van der Waals surface area contributed by atoms with E-state index in [0.717, 1.165) is 23.1 Å². The van der Waals surface area contributed by atoms with E-state index in [1.807, 2.05) is 4.90 Å². The van der Waals surface area contributed by atoms with Crippen molar-refractivity contribution in [2.75, 3.05) is 26.7 Å². The molecule has 1 fully saturated rings. The topological polar surface area (TPSA) is 91.9 Å². The van der Waals surface area contributed by atoms with Crippen molar-refractivity contribution in [1.29, 1.82) is 0 Å². The lowest BCUT2D eigenvalue weighted by Gasteiger charge is -2.45. The number of carbonyl (C=O) groups is 3. The second kappa shape index (κ2) is 6.40. The Morgan fingerprint density at radius 2 is 1.85 bits per heavy atom. The van der Waals surface area contributed by atoms with E-state index in [-0.39, 0.29) is 18.8 Å². The molecule has 140 valence electrons. The fraction of sp³-hybridized carbons (Fsp3) is 0.278. The van der Waals surface area contributed by atoms with Crippen molar-refractivity contribution in [1.82, 2.24) is 14.8 Å². The van der Waals surface area contributed by atoms with Crippen molar-refractivity contribution in [3.8, 4) is 0 Å². The van der Waals surface area contributed by atoms with Gasteiger partial charge in [0.15, 0.2) is 0 Å². The van der Waals surface area contributed by atoms with Gasteiger partial charge in [-0.3, -0.25) is 14.6 Å². The molecule has 1 saturated heterocycles. The minimum absolute atomic E-state index is 0.0456. The number of hydrogen-bond acceptors (Lipinski definition) is 6. The normalized spacial score (nSPS) is 19.9. The molecule has 0 bridgehead atoms. The number of amides is 1. The van der Waals surface area contributed by atoms with Crippen LogP contribution in [0.1, 0.15) is 10.5 Å². The molecule has 0 radical (unpaired) electrons. The maximum Gasteiger partial charge on any atom is 0.358 e. The second-order valence-electron chi connectivity index (χ2n) is 6.50. The number of hydrogen-bond donors (Lipinski definition) is 1. The number of aromatic nitrogens is 1. The molecule has 4 rings (SSSR count). The van der Waals surface area contributed by atoms with Crippen LogP contribution in [0.2, 0.25) is 5.02 Å². The Hall–Kier alpha value is -2.84. The van der Waals surface area contributed by atoms with E-state index in [9.17, 15) is 14.4 Å². The molecule has 8 nitrogen and oxygen atoms in total. The molecule has 0 saturated carbocycles. The van der Waals surface area contributed by atoms with Gasteiger partial charge in [-0.1, -0.05) is 11.6 Å². The van der Waals surface area contributed by atoms with Crippen LogP contribution in [-0.2, 0) is 19.1 Å². The van der Waals surface area contributed by atoms with Crippen molar-refractivity contribution < 1.29 is 23.9 Å². The molecule has 1 N–H and O–H groups in total. The van der Waals surface area contributed by atoms with Crippen LogP contribution in [0.3, 0.4) is 0 Å². The molecule has 1 aromatic carbocycles. The summed E-state index contributed by atoms with van der Waals surface area (Å²) in [7, 11) is 1.79. The van der Waals surface area contributed by atoms with Gasteiger partial charge in [-0.25, -0.2) is 9.59 Å². The Balaban J connectivity index is 1.73. The number of H-pyrrole nitrogens is 1. The highest BCUT2D eigenvalue weighted by atomic mass is 35.5. The number of aromatic amines is 1. The number of benzene rings is 1. The molecule has 0 atom stereocenters. The number of esters is 2. The highest BCUT2D eigenvalue weighted by molar-refractivity contribution is 6.31. The summed E-state index contributed by atoms with van der Waals surface area (Å²) in [5.41, 5.74) is 1.02. The van der Waals surface area contributed by atoms with Gasteiger partial charge in [-0.05, 0) is 31.3 Å². The van der Waals surface area contributed by atoms with Crippen LogP contribution in [0.4, 0.5) is 0 Å². The summed E-state index contributed by atoms with van der Waals surface area (Å²) in [6.07, 6.45) is 1.97. The van der Waals surface area contributed by atoms with Crippen molar-refractivity contribution in [3.63, 3.8) is 0 Å². The van der Waals surface area contributed by atoms with E-state index < -0.39 is 23.8 Å². The first-order chi connectivity index (χ1) is 12.9. The zero-order valence-electron chi connectivity index (χ0n) is 14.4. The average Bonchev–Trinajstić information content (AvgIpc) is 2.96. The first kappa shape index (κ1) is 17.6. The van der Waals surface area contributed by atoms with E-state index in [1.54, 1.807) is 31.3 Å². The molecule has 2 aliphatic heterocycles. The minimum atomic E-state index is -1.82. The molecule has 9 heteroatoms. The fourth-order valence-corrected chi connectivity index (χ4v) is 3.46. The van der Waals surface area contributed by atoms with Gasteiger partial charge in [-0.2, -0.15) is 0 Å². The molecule has 0 aliphatic carbocycles. The molecule has 1 spiro atoms. The highest BCUT2D eigenvalue weighted by Gasteiger charge is 2.51. The maximum atomic E-state index is 13.2. The van der Waals surface area contributed by atoms with E-state index in [1.165, 1.54) is 4.90 Å². The molecule has 27 heavy (non-hydrogen) atoms. The minimum Gasteiger partial charge on any atom is -0.399 e. The highest BCUT2D eigenvalue weighted by Crippen LogP contribution is 2.29. The standard InChI is InChI=1S/C18H16ClN3O5/c1-21-6-7-22(18(10-21)26-15(23)4-5-16(24)27-18)17(25)14-9-11-8-12(19)2-3-13(11)20-14/h2-5,8-9,20H,6-7,10H2,1H3. The fourth-order valence-electron chi connectivity index (χ4n) is 3.28. The van der Waals surface area contributed by atoms with Gasteiger partial charge in [-0.15, -0.1) is 0 Å². The molecule has 2 aliphatic rings. The third-order valence-electron chi connectivity index (χ3n) is 4.52. The van der Waals surface area contributed by atoms with Crippen LogP contribution >= 0.6 is 11.6 Å². The van der Waals surface area contributed by atoms with Crippen molar-refractivity contribution >= 4 is 40.3 Å². The molecular weight excluding hydrogens is 374 g/mol.